The predicted octanol–water partition coefficient (Wildman–Crippen LogP) is 4.74. The molecule has 1 N–H and O–H groups in total. The number of carbonyl (C=O) groups excluding carboxylic acids is 1. The van der Waals surface area contributed by atoms with Crippen molar-refractivity contribution in [2.45, 2.75) is 51.2 Å². The highest BCUT2D eigenvalue weighted by Crippen LogP contribution is 2.34. The second kappa shape index (κ2) is 10.7. The molecule has 36 heavy (non-hydrogen) atoms. The molecular weight excluding hydrogens is 469 g/mol. The van der Waals surface area contributed by atoms with Gasteiger partial charge in [-0.05, 0) is 56.6 Å². The zero-order valence-electron chi connectivity index (χ0n) is 21.1. The topological polar surface area (TPSA) is 48.0 Å². The number of nitrogens with one attached hydrogen (secondary N) is 1. The molecule has 0 aromatic heterocycles. The fraction of sp³-hybridized carbons (Fsp3) is 0.519. The highest BCUT2D eigenvalue weighted by atomic mass is 19.4. The van der Waals surface area contributed by atoms with Crippen LogP contribution in [0.5, 0.6) is 0 Å². The third kappa shape index (κ3) is 6.50. The molecule has 0 spiro atoms. The molecule has 9 heteroatoms. The van der Waals surface area contributed by atoms with Gasteiger partial charge in [0.25, 0.3) is 0 Å². The fourth-order valence-electron chi connectivity index (χ4n) is 4.89. The van der Waals surface area contributed by atoms with E-state index in [2.05, 4.69) is 15.1 Å². The number of alkyl halides is 3. The van der Waals surface area contributed by atoms with E-state index in [1.807, 2.05) is 51.2 Å². The summed E-state index contributed by atoms with van der Waals surface area (Å²) in [5, 5.41) is 2.92. The third-order valence-electron chi connectivity index (χ3n) is 6.97. The molecule has 6 nitrogen and oxygen atoms in total. The van der Waals surface area contributed by atoms with Gasteiger partial charge in [0.2, 0.25) is 0 Å². The lowest BCUT2D eigenvalue weighted by atomic mass is 10.0. The summed E-state index contributed by atoms with van der Waals surface area (Å²) in [7, 11) is 2.03. The number of likely N-dealkylation sites (N-methyl/N-ethyl adjacent to an activating group) is 1. The van der Waals surface area contributed by atoms with Crippen LogP contribution in [0.3, 0.4) is 0 Å². The number of ether oxygens (including phenoxy) is 1. The summed E-state index contributed by atoms with van der Waals surface area (Å²) in [6.45, 7) is 7.91. The highest BCUT2D eigenvalue weighted by molar-refractivity contribution is 5.75. The van der Waals surface area contributed by atoms with E-state index in [-0.39, 0.29) is 24.2 Å². The summed E-state index contributed by atoms with van der Waals surface area (Å²) in [5.74, 6) is 0. The van der Waals surface area contributed by atoms with Crippen LogP contribution in [0.4, 0.5) is 23.7 Å². The molecule has 2 saturated heterocycles. The van der Waals surface area contributed by atoms with E-state index in [0.717, 1.165) is 49.6 Å². The van der Waals surface area contributed by atoms with Crippen LogP contribution < -0.4 is 10.2 Å². The number of anilines is 1. The maximum atomic E-state index is 13.5. The first-order valence-corrected chi connectivity index (χ1v) is 12.4. The molecule has 0 aliphatic carbocycles. The maximum absolute atomic E-state index is 13.5. The number of nitrogens with zero attached hydrogens (tertiary/aromatic N) is 3. The van der Waals surface area contributed by atoms with Crippen molar-refractivity contribution in [3.05, 3.63) is 65.2 Å². The summed E-state index contributed by atoms with van der Waals surface area (Å²) in [6, 6.07) is 13.1. The molecule has 0 radical (unpaired) electrons. The Morgan fingerprint density at radius 2 is 1.81 bits per heavy atom. The zero-order valence-corrected chi connectivity index (χ0v) is 21.1. The largest absolute Gasteiger partial charge is 0.416 e. The number of piperazine rings is 1. The number of urea groups is 1. The summed E-state index contributed by atoms with van der Waals surface area (Å²) in [5.41, 5.74) is 1.13. The smallest absolute Gasteiger partial charge is 0.373 e. The van der Waals surface area contributed by atoms with Gasteiger partial charge in [0.05, 0.1) is 23.8 Å². The number of amides is 2. The molecule has 1 atom stereocenters. The quantitative estimate of drug-likeness (QED) is 0.618. The second-order valence-electron chi connectivity index (χ2n) is 10.3. The number of carbonyl (C=O) groups is 1. The molecule has 0 saturated carbocycles. The van der Waals surface area contributed by atoms with Gasteiger partial charge in [-0.25, -0.2) is 4.79 Å². The Balaban J connectivity index is 1.55. The van der Waals surface area contributed by atoms with Crippen molar-refractivity contribution in [3.8, 4) is 0 Å². The predicted molar refractivity (Wildman–Crippen MR) is 134 cm³/mol. The first-order chi connectivity index (χ1) is 17.0. The molecule has 2 heterocycles. The van der Waals surface area contributed by atoms with E-state index in [0.29, 0.717) is 25.1 Å². The molecular formula is C27H35F3N4O2. The number of benzene rings is 2. The van der Waals surface area contributed by atoms with E-state index in [1.165, 1.54) is 6.07 Å². The molecule has 2 amide bonds. The minimum Gasteiger partial charge on any atom is -0.373 e. The lowest BCUT2D eigenvalue weighted by molar-refractivity contribution is -0.137. The van der Waals surface area contributed by atoms with Crippen molar-refractivity contribution in [3.63, 3.8) is 0 Å². The molecule has 2 aliphatic rings. The average molecular weight is 505 g/mol. The van der Waals surface area contributed by atoms with Crippen molar-refractivity contribution in [2.75, 3.05) is 44.7 Å². The minimum atomic E-state index is -4.45. The van der Waals surface area contributed by atoms with Crippen LogP contribution in [-0.2, 0) is 24.0 Å². The second-order valence-corrected chi connectivity index (χ2v) is 10.3. The first kappa shape index (κ1) is 26.3. The molecule has 2 aromatic rings. The number of rotatable bonds is 6. The Morgan fingerprint density at radius 3 is 2.42 bits per heavy atom. The third-order valence-corrected chi connectivity index (χ3v) is 6.97. The van der Waals surface area contributed by atoms with Crippen molar-refractivity contribution in [2.24, 2.45) is 0 Å². The Kier molecular flexibility index (Phi) is 7.80. The Labute approximate surface area is 211 Å². The lowest BCUT2D eigenvalue weighted by Gasteiger charge is -2.35. The van der Waals surface area contributed by atoms with Crippen LogP contribution in [-0.4, -0.2) is 67.3 Å². The van der Waals surface area contributed by atoms with Gasteiger partial charge >= 0.3 is 12.2 Å². The average Bonchev–Trinajstić information content (AvgIpc) is 3.20. The SMILES string of the molecule is CN1CCN(c2ccc(C(F)(F)F)cc2CNC(=O)N(Cc2ccccc2)C2COC(C)(C)C2)CC1. The Bertz CT molecular complexity index is 1040. The van der Waals surface area contributed by atoms with Gasteiger partial charge in [-0.15, -0.1) is 0 Å². The molecule has 1 unspecified atom stereocenters. The Morgan fingerprint density at radius 1 is 1.11 bits per heavy atom. The van der Waals surface area contributed by atoms with Crippen LogP contribution in [0, 0.1) is 0 Å². The monoisotopic (exact) mass is 504 g/mol. The molecule has 196 valence electrons. The van der Waals surface area contributed by atoms with Gasteiger partial charge in [-0.1, -0.05) is 30.3 Å². The van der Waals surface area contributed by atoms with Gasteiger partial charge in [-0.2, -0.15) is 13.2 Å². The lowest BCUT2D eigenvalue weighted by Crippen LogP contribution is -2.47. The van der Waals surface area contributed by atoms with Gasteiger partial charge < -0.3 is 24.8 Å². The maximum Gasteiger partial charge on any atom is 0.416 e. The summed E-state index contributed by atoms with van der Waals surface area (Å²) in [6.07, 6.45) is -3.77. The fourth-order valence-corrected chi connectivity index (χ4v) is 4.89. The molecule has 2 aliphatic heterocycles. The van der Waals surface area contributed by atoms with Crippen molar-refractivity contribution in [1.29, 1.82) is 0 Å². The standard InChI is InChI=1S/C27H35F3N4O2/c1-26(2)16-23(19-36-26)34(18-20-7-5-4-6-8-20)25(35)31-17-21-15-22(27(28,29)30)9-10-24(21)33-13-11-32(3)12-14-33/h4-10,15,23H,11-14,16-19H2,1-3H3,(H,31,35). The van der Waals surface area contributed by atoms with Crippen LogP contribution in [0.15, 0.2) is 48.5 Å². The summed E-state index contributed by atoms with van der Waals surface area (Å²) in [4.78, 5) is 19.5. The highest BCUT2D eigenvalue weighted by Gasteiger charge is 2.37. The van der Waals surface area contributed by atoms with E-state index >= 15 is 0 Å². The van der Waals surface area contributed by atoms with Gasteiger partial charge in [-0.3, -0.25) is 0 Å². The molecule has 2 aromatic carbocycles. The van der Waals surface area contributed by atoms with Crippen LogP contribution >= 0.6 is 0 Å². The minimum absolute atomic E-state index is 0.00663. The molecule has 4 rings (SSSR count). The Hall–Kier alpha value is -2.78. The van der Waals surface area contributed by atoms with Crippen molar-refractivity contribution in [1.82, 2.24) is 15.1 Å². The van der Waals surface area contributed by atoms with Crippen molar-refractivity contribution < 1.29 is 22.7 Å². The van der Waals surface area contributed by atoms with Crippen LogP contribution in [0.25, 0.3) is 0 Å². The van der Waals surface area contributed by atoms with Gasteiger partial charge in [0.1, 0.15) is 0 Å². The van der Waals surface area contributed by atoms with Crippen molar-refractivity contribution >= 4 is 11.7 Å². The summed E-state index contributed by atoms with van der Waals surface area (Å²) >= 11 is 0. The summed E-state index contributed by atoms with van der Waals surface area (Å²) < 4.78 is 46.4. The van der Waals surface area contributed by atoms with E-state index < -0.39 is 11.7 Å². The number of hydrogen-bond donors (Lipinski definition) is 1. The first-order valence-electron chi connectivity index (χ1n) is 12.4. The van der Waals surface area contributed by atoms with Crippen LogP contribution in [0.1, 0.15) is 37.0 Å². The van der Waals surface area contributed by atoms with Gasteiger partial charge in [0.15, 0.2) is 0 Å². The van der Waals surface area contributed by atoms with Gasteiger partial charge in [0, 0.05) is 45.0 Å². The van der Waals surface area contributed by atoms with E-state index in [4.69, 9.17) is 4.74 Å². The molecule has 0 bridgehead atoms. The van der Waals surface area contributed by atoms with E-state index in [9.17, 15) is 18.0 Å². The molecule has 2 fully saturated rings. The zero-order chi connectivity index (χ0) is 25.9. The van der Waals surface area contributed by atoms with E-state index in [1.54, 1.807) is 4.90 Å². The number of halogens is 3. The normalized spacial score (nSPS) is 20.4. The van der Waals surface area contributed by atoms with Crippen LogP contribution in [0.2, 0.25) is 0 Å². The number of hydrogen-bond acceptors (Lipinski definition) is 4.